The number of hydrogen-bond acceptors (Lipinski definition) is 2. The molecule has 2 nitrogen and oxygen atoms in total. The molecule has 0 saturated heterocycles. The second-order valence-electron chi connectivity index (χ2n) is 4.00. The second kappa shape index (κ2) is 5.15. The lowest BCUT2D eigenvalue weighted by atomic mass is 9.98. The average molecular weight is 244 g/mol. The van der Waals surface area contributed by atoms with Crippen LogP contribution in [-0.4, -0.2) is 6.34 Å². The van der Waals surface area contributed by atoms with Crippen LogP contribution in [0.2, 0.25) is 0 Å². The van der Waals surface area contributed by atoms with Crippen LogP contribution in [0.1, 0.15) is 23.3 Å². The molecule has 17 heavy (non-hydrogen) atoms. The van der Waals surface area contributed by atoms with Crippen LogP contribution >= 0.6 is 11.3 Å². The highest BCUT2D eigenvalue weighted by Crippen LogP contribution is 2.35. The molecule has 2 rings (SSSR count). The van der Waals surface area contributed by atoms with Crippen LogP contribution < -0.4 is 5.73 Å². The van der Waals surface area contributed by atoms with Crippen LogP contribution in [0, 0.1) is 6.92 Å². The van der Waals surface area contributed by atoms with Gasteiger partial charge in [-0.3, -0.25) is 0 Å². The van der Waals surface area contributed by atoms with Crippen molar-refractivity contribution in [2.75, 3.05) is 0 Å². The van der Waals surface area contributed by atoms with E-state index in [0.29, 0.717) is 5.92 Å². The minimum absolute atomic E-state index is 0.356. The van der Waals surface area contributed by atoms with Gasteiger partial charge in [-0.25, -0.2) is 4.99 Å². The lowest BCUT2D eigenvalue weighted by molar-refractivity contribution is 0.971. The Labute approximate surface area is 105 Å². The SMILES string of the molecule is Cc1sc2ccccc2c1[C@H](C)/C=C\N=CN. The number of thiophene rings is 1. The number of aliphatic imine (C=N–C) groups is 1. The van der Waals surface area contributed by atoms with Gasteiger partial charge in [0.1, 0.15) is 0 Å². The van der Waals surface area contributed by atoms with E-state index in [1.165, 1.54) is 26.9 Å². The zero-order valence-corrected chi connectivity index (χ0v) is 10.9. The van der Waals surface area contributed by atoms with Crippen LogP contribution in [-0.2, 0) is 0 Å². The summed E-state index contributed by atoms with van der Waals surface area (Å²) < 4.78 is 1.35. The number of allylic oxidation sites excluding steroid dienone is 1. The third kappa shape index (κ3) is 2.39. The van der Waals surface area contributed by atoms with E-state index < -0.39 is 0 Å². The van der Waals surface area contributed by atoms with Gasteiger partial charge in [-0.05, 0) is 23.9 Å². The third-order valence-corrected chi connectivity index (χ3v) is 3.92. The van der Waals surface area contributed by atoms with Gasteiger partial charge in [0.05, 0.1) is 6.34 Å². The molecule has 1 aromatic heterocycles. The summed E-state index contributed by atoms with van der Waals surface area (Å²) in [5.74, 6) is 0.356. The predicted octanol–water partition coefficient (Wildman–Crippen LogP) is 3.81. The Morgan fingerprint density at radius 1 is 1.35 bits per heavy atom. The molecule has 2 aromatic rings. The minimum atomic E-state index is 0.356. The summed E-state index contributed by atoms with van der Waals surface area (Å²) in [5, 5.41) is 1.35. The van der Waals surface area contributed by atoms with Crippen molar-refractivity contribution in [1.82, 2.24) is 0 Å². The van der Waals surface area contributed by atoms with Crippen molar-refractivity contribution in [2.24, 2.45) is 10.7 Å². The van der Waals surface area contributed by atoms with Crippen LogP contribution in [0.25, 0.3) is 10.1 Å². The highest BCUT2D eigenvalue weighted by molar-refractivity contribution is 7.19. The van der Waals surface area contributed by atoms with Crippen molar-refractivity contribution < 1.29 is 0 Å². The largest absolute Gasteiger partial charge is 0.390 e. The van der Waals surface area contributed by atoms with Crippen molar-refractivity contribution in [1.29, 1.82) is 0 Å². The highest BCUT2D eigenvalue weighted by Gasteiger charge is 2.12. The van der Waals surface area contributed by atoms with E-state index in [1.807, 2.05) is 11.3 Å². The molecule has 0 spiro atoms. The van der Waals surface area contributed by atoms with Gasteiger partial charge < -0.3 is 5.73 Å². The summed E-state index contributed by atoms with van der Waals surface area (Å²) in [6.45, 7) is 4.36. The molecular formula is C14H16N2S. The minimum Gasteiger partial charge on any atom is -0.390 e. The number of nitrogens with two attached hydrogens (primary N) is 1. The monoisotopic (exact) mass is 244 g/mol. The van der Waals surface area contributed by atoms with Crippen LogP contribution in [0.4, 0.5) is 0 Å². The van der Waals surface area contributed by atoms with E-state index >= 15 is 0 Å². The Morgan fingerprint density at radius 3 is 2.88 bits per heavy atom. The summed E-state index contributed by atoms with van der Waals surface area (Å²) in [6.07, 6.45) is 5.14. The normalized spacial score (nSPS) is 14.0. The fourth-order valence-corrected chi connectivity index (χ4v) is 3.25. The summed E-state index contributed by atoms with van der Waals surface area (Å²) in [7, 11) is 0. The molecule has 0 unspecified atom stereocenters. The van der Waals surface area contributed by atoms with Crippen LogP contribution in [0.15, 0.2) is 41.5 Å². The van der Waals surface area contributed by atoms with Gasteiger partial charge in [0.25, 0.3) is 0 Å². The lowest BCUT2D eigenvalue weighted by Gasteiger charge is -2.06. The third-order valence-electron chi connectivity index (χ3n) is 2.82. The maximum atomic E-state index is 5.21. The molecule has 2 N–H and O–H groups in total. The van der Waals surface area contributed by atoms with E-state index in [1.54, 1.807) is 6.20 Å². The van der Waals surface area contributed by atoms with Crippen LogP contribution in [0.5, 0.6) is 0 Å². The quantitative estimate of drug-likeness (QED) is 0.647. The smallest absolute Gasteiger partial charge is 0.0852 e. The number of hydrogen-bond donors (Lipinski definition) is 1. The maximum absolute atomic E-state index is 5.21. The fourth-order valence-electron chi connectivity index (χ4n) is 2.08. The molecule has 0 aliphatic rings. The Morgan fingerprint density at radius 2 is 2.12 bits per heavy atom. The first kappa shape index (κ1) is 11.9. The summed E-state index contributed by atoms with van der Waals surface area (Å²) in [5.41, 5.74) is 6.61. The zero-order valence-electron chi connectivity index (χ0n) is 10.1. The molecule has 1 heterocycles. The number of benzene rings is 1. The van der Waals surface area contributed by atoms with Crippen molar-refractivity contribution in [3.63, 3.8) is 0 Å². The van der Waals surface area contributed by atoms with Gasteiger partial charge >= 0.3 is 0 Å². The molecular weight excluding hydrogens is 228 g/mol. The highest BCUT2D eigenvalue weighted by atomic mass is 32.1. The Bertz CT molecular complexity index is 567. The number of aryl methyl sites for hydroxylation is 1. The van der Waals surface area contributed by atoms with E-state index in [2.05, 4.69) is 49.2 Å². The Balaban J connectivity index is 2.43. The van der Waals surface area contributed by atoms with Crippen molar-refractivity contribution in [3.8, 4) is 0 Å². The standard InChI is InChI=1S/C14H16N2S/c1-10(7-8-16-9-15)14-11(2)17-13-6-4-3-5-12(13)14/h3-10H,1-2H3,(H2,15,16)/b8-7-/t10-/m1/s1. The molecule has 3 heteroatoms. The van der Waals surface area contributed by atoms with E-state index in [9.17, 15) is 0 Å². The van der Waals surface area contributed by atoms with Crippen molar-refractivity contribution in [3.05, 3.63) is 47.0 Å². The first-order valence-electron chi connectivity index (χ1n) is 5.62. The van der Waals surface area contributed by atoms with Gasteiger partial charge in [0, 0.05) is 21.7 Å². The summed E-state index contributed by atoms with van der Waals surface area (Å²) in [6, 6.07) is 8.53. The second-order valence-corrected chi connectivity index (χ2v) is 5.25. The van der Waals surface area contributed by atoms with Crippen LogP contribution in [0.3, 0.4) is 0 Å². The van der Waals surface area contributed by atoms with Crippen molar-refractivity contribution in [2.45, 2.75) is 19.8 Å². The van der Waals surface area contributed by atoms with Crippen molar-refractivity contribution >= 4 is 27.8 Å². The van der Waals surface area contributed by atoms with Gasteiger partial charge in [0.15, 0.2) is 0 Å². The predicted molar refractivity (Wildman–Crippen MR) is 76.8 cm³/mol. The van der Waals surface area contributed by atoms with E-state index in [0.717, 1.165) is 0 Å². The molecule has 1 aromatic carbocycles. The Kier molecular flexibility index (Phi) is 3.59. The average Bonchev–Trinajstić information content (AvgIpc) is 2.65. The molecule has 0 radical (unpaired) electrons. The zero-order chi connectivity index (χ0) is 12.3. The van der Waals surface area contributed by atoms with Gasteiger partial charge in [-0.1, -0.05) is 31.2 Å². The molecule has 0 bridgehead atoms. The molecule has 0 fully saturated rings. The maximum Gasteiger partial charge on any atom is 0.0852 e. The molecule has 88 valence electrons. The number of rotatable bonds is 3. The lowest BCUT2D eigenvalue weighted by Crippen LogP contribution is -1.90. The van der Waals surface area contributed by atoms with E-state index in [4.69, 9.17) is 5.73 Å². The van der Waals surface area contributed by atoms with E-state index in [-0.39, 0.29) is 0 Å². The summed E-state index contributed by atoms with van der Waals surface area (Å²) in [4.78, 5) is 5.28. The number of fused-ring (bicyclic) bond motifs is 1. The van der Waals surface area contributed by atoms with Gasteiger partial charge in [0.2, 0.25) is 0 Å². The first-order chi connectivity index (χ1) is 8.24. The van der Waals surface area contributed by atoms with Gasteiger partial charge in [-0.15, -0.1) is 11.3 Å². The molecule has 0 aliphatic carbocycles. The fraction of sp³-hybridized carbons (Fsp3) is 0.214. The van der Waals surface area contributed by atoms with Gasteiger partial charge in [-0.2, -0.15) is 0 Å². The summed E-state index contributed by atoms with van der Waals surface area (Å²) >= 11 is 1.85. The molecule has 0 amide bonds. The topological polar surface area (TPSA) is 38.4 Å². The molecule has 0 aliphatic heterocycles. The first-order valence-corrected chi connectivity index (χ1v) is 6.43. The molecule has 1 atom stereocenters. The molecule has 0 saturated carbocycles. The Hall–Kier alpha value is -1.61. The number of nitrogens with zero attached hydrogens (tertiary/aromatic N) is 1.